The summed E-state index contributed by atoms with van der Waals surface area (Å²) in [6.45, 7) is 0. The van der Waals surface area contributed by atoms with Crippen molar-refractivity contribution in [3.63, 3.8) is 0 Å². The predicted molar refractivity (Wildman–Crippen MR) is 57.0 cm³/mol. The quantitative estimate of drug-likeness (QED) is 0.688. The maximum absolute atomic E-state index is 13.3. The van der Waals surface area contributed by atoms with Gasteiger partial charge < -0.3 is 0 Å². The summed E-state index contributed by atoms with van der Waals surface area (Å²) in [5, 5.41) is -0.149. The lowest BCUT2D eigenvalue weighted by atomic mass is 10.0. The molecule has 0 aliphatic heterocycles. The van der Waals surface area contributed by atoms with Crippen molar-refractivity contribution in [3.8, 4) is 0 Å². The van der Waals surface area contributed by atoms with E-state index in [1.54, 1.807) is 0 Å². The molecule has 1 aliphatic rings. The lowest BCUT2D eigenvalue weighted by Gasteiger charge is -2.10. The predicted octanol–water partition coefficient (Wildman–Crippen LogP) is 3.91. The second-order valence-electron chi connectivity index (χ2n) is 4.18. The first kappa shape index (κ1) is 10.9. The molecule has 0 N–H and O–H groups in total. The fourth-order valence-corrected chi connectivity index (χ4v) is 2.15. The molecule has 1 saturated carbocycles. The summed E-state index contributed by atoms with van der Waals surface area (Å²) in [5.74, 6) is -0.296. The Kier molecular flexibility index (Phi) is 3.25. The molecule has 1 aromatic rings. The Bertz CT molecular complexity index is 327. The lowest BCUT2D eigenvalue weighted by Crippen LogP contribution is -2.08. The first-order chi connectivity index (χ1) is 7.16. The molecule has 0 amide bonds. The molecule has 0 saturated heterocycles. The van der Waals surface area contributed by atoms with E-state index in [1.165, 1.54) is 31.0 Å². The average Bonchev–Trinajstić information content (AvgIpc) is 2.95. The van der Waals surface area contributed by atoms with E-state index < -0.39 is 11.6 Å². The van der Waals surface area contributed by atoms with Crippen LogP contribution in [0.3, 0.4) is 0 Å². The molecule has 1 aliphatic carbocycles. The number of rotatable bonds is 4. The molecule has 0 nitrogen and oxygen atoms in total. The zero-order valence-electron chi connectivity index (χ0n) is 8.35. The molecule has 0 radical (unpaired) electrons. The zero-order chi connectivity index (χ0) is 10.8. The largest absolute Gasteiger partial charge is 0.207 e. The Labute approximate surface area is 93.2 Å². The summed E-state index contributed by atoms with van der Waals surface area (Å²) >= 11 is 6.06. The van der Waals surface area contributed by atoms with Gasteiger partial charge in [0.15, 0.2) is 0 Å². The van der Waals surface area contributed by atoms with Crippen LogP contribution in [0.15, 0.2) is 18.2 Å². The van der Waals surface area contributed by atoms with Gasteiger partial charge in [-0.2, -0.15) is 0 Å². The summed E-state index contributed by atoms with van der Waals surface area (Å²) in [5.41, 5.74) is 0.123. The first-order valence-electron chi connectivity index (χ1n) is 5.23. The summed E-state index contributed by atoms with van der Waals surface area (Å²) in [6.07, 6.45) is 3.58. The van der Waals surface area contributed by atoms with Crippen LogP contribution >= 0.6 is 11.6 Å². The maximum Gasteiger partial charge on any atom is 0.129 e. The minimum absolute atomic E-state index is 0.123. The summed E-state index contributed by atoms with van der Waals surface area (Å²) in [7, 11) is 0. The molecule has 3 heteroatoms. The summed E-state index contributed by atoms with van der Waals surface area (Å²) in [4.78, 5) is 0. The highest BCUT2D eigenvalue weighted by Crippen LogP contribution is 2.35. The Balaban J connectivity index is 2.01. The van der Waals surface area contributed by atoms with E-state index in [9.17, 15) is 8.78 Å². The van der Waals surface area contributed by atoms with Crippen LogP contribution in [0.2, 0.25) is 0 Å². The maximum atomic E-state index is 13.3. The van der Waals surface area contributed by atoms with Gasteiger partial charge in [0.2, 0.25) is 0 Å². The van der Waals surface area contributed by atoms with Crippen molar-refractivity contribution in [3.05, 3.63) is 35.4 Å². The molecule has 82 valence electrons. The Morgan fingerprint density at radius 3 is 2.40 bits per heavy atom. The van der Waals surface area contributed by atoms with Crippen LogP contribution in [-0.4, -0.2) is 5.38 Å². The van der Waals surface area contributed by atoms with E-state index in [0.717, 1.165) is 6.42 Å². The molecule has 0 spiro atoms. The Morgan fingerprint density at radius 1 is 1.27 bits per heavy atom. The van der Waals surface area contributed by atoms with Crippen LogP contribution in [0.5, 0.6) is 0 Å². The molecule has 0 aromatic heterocycles. The molecule has 1 atom stereocenters. The van der Waals surface area contributed by atoms with Crippen molar-refractivity contribution < 1.29 is 8.78 Å². The van der Waals surface area contributed by atoms with Crippen molar-refractivity contribution in [2.75, 3.05) is 0 Å². The van der Waals surface area contributed by atoms with E-state index in [-0.39, 0.29) is 17.4 Å². The van der Waals surface area contributed by atoms with E-state index in [2.05, 4.69) is 0 Å². The SMILES string of the molecule is Fc1cccc(F)c1CC(Cl)CC1CC1. The normalized spacial score (nSPS) is 17.8. The van der Waals surface area contributed by atoms with Crippen molar-refractivity contribution >= 4 is 11.6 Å². The van der Waals surface area contributed by atoms with Gasteiger partial charge in [0.25, 0.3) is 0 Å². The molecule has 1 fully saturated rings. The van der Waals surface area contributed by atoms with Gasteiger partial charge in [-0.05, 0) is 30.9 Å². The fraction of sp³-hybridized carbons (Fsp3) is 0.500. The van der Waals surface area contributed by atoms with Gasteiger partial charge in [-0.3, -0.25) is 0 Å². The number of halogens is 3. The summed E-state index contributed by atoms with van der Waals surface area (Å²) in [6, 6.07) is 3.93. The van der Waals surface area contributed by atoms with Gasteiger partial charge >= 0.3 is 0 Å². The molecular formula is C12H13ClF2. The van der Waals surface area contributed by atoms with Gasteiger partial charge in [-0.25, -0.2) is 8.78 Å². The van der Waals surface area contributed by atoms with E-state index in [4.69, 9.17) is 11.6 Å². The highest BCUT2D eigenvalue weighted by molar-refractivity contribution is 6.20. The second kappa shape index (κ2) is 4.48. The van der Waals surface area contributed by atoms with Gasteiger partial charge in [0, 0.05) is 10.9 Å². The van der Waals surface area contributed by atoms with Crippen molar-refractivity contribution in [1.29, 1.82) is 0 Å². The average molecular weight is 231 g/mol. The minimum atomic E-state index is -0.489. The number of hydrogen-bond acceptors (Lipinski definition) is 0. The van der Waals surface area contributed by atoms with Crippen LogP contribution in [-0.2, 0) is 6.42 Å². The van der Waals surface area contributed by atoms with Crippen LogP contribution < -0.4 is 0 Å². The highest BCUT2D eigenvalue weighted by Gasteiger charge is 2.25. The third-order valence-corrected chi connectivity index (χ3v) is 3.11. The molecule has 2 rings (SSSR count). The number of benzene rings is 1. The van der Waals surface area contributed by atoms with Gasteiger partial charge in [-0.1, -0.05) is 18.9 Å². The van der Waals surface area contributed by atoms with E-state index in [0.29, 0.717) is 5.92 Å². The summed E-state index contributed by atoms with van der Waals surface area (Å²) < 4.78 is 26.5. The van der Waals surface area contributed by atoms with Crippen molar-refractivity contribution in [2.45, 2.75) is 31.1 Å². The molecule has 0 heterocycles. The smallest absolute Gasteiger partial charge is 0.129 e. The first-order valence-corrected chi connectivity index (χ1v) is 5.67. The standard InChI is InChI=1S/C12H13ClF2/c13-9(6-8-4-5-8)7-10-11(14)2-1-3-12(10)15/h1-3,8-9H,4-7H2. The van der Waals surface area contributed by atoms with Crippen LogP contribution in [0.1, 0.15) is 24.8 Å². The molecule has 1 aromatic carbocycles. The molecule has 1 unspecified atom stereocenters. The van der Waals surface area contributed by atoms with Crippen LogP contribution in [0.4, 0.5) is 8.78 Å². The highest BCUT2D eigenvalue weighted by atomic mass is 35.5. The lowest BCUT2D eigenvalue weighted by molar-refractivity contribution is 0.543. The Morgan fingerprint density at radius 2 is 1.87 bits per heavy atom. The van der Waals surface area contributed by atoms with Crippen LogP contribution in [0.25, 0.3) is 0 Å². The third kappa shape index (κ3) is 2.91. The van der Waals surface area contributed by atoms with Crippen molar-refractivity contribution in [2.24, 2.45) is 5.92 Å². The topological polar surface area (TPSA) is 0 Å². The zero-order valence-corrected chi connectivity index (χ0v) is 9.11. The number of alkyl halides is 1. The van der Waals surface area contributed by atoms with Crippen molar-refractivity contribution in [1.82, 2.24) is 0 Å². The van der Waals surface area contributed by atoms with Gasteiger partial charge in [0.1, 0.15) is 11.6 Å². The third-order valence-electron chi connectivity index (χ3n) is 2.77. The fourth-order valence-electron chi connectivity index (χ4n) is 1.75. The van der Waals surface area contributed by atoms with Gasteiger partial charge in [0.05, 0.1) is 0 Å². The monoisotopic (exact) mass is 230 g/mol. The molecule has 0 bridgehead atoms. The van der Waals surface area contributed by atoms with Crippen LogP contribution in [0, 0.1) is 17.6 Å². The molecule has 15 heavy (non-hydrogen) atoms. The van der Waals surface area contributed by atoms with E-state index in [1.807, 2.05) is 0 Å². The number of hydrogen-bond donors (Lipinski definition) is 0. The Hall–Kier alpha value is -0.630. The molecular weight excluding hydrogens is 218 g/mol. The van der Waals surface area contributed by atoms with E-state index >= 15 is 0 Å². The van der Waals surface area contributed by atoms with Gasteiger partial charge in [-0.15, -0.1) is 11.6 Å². The minimum Gasteiger partial charge on any atom is -0.207 e. The second-order valence-corrected chi connectivity index (χ2v) is 4.80.